The van der Waals surface area contributed by atoms with Crippen LogP contribution < -0.4 is 5.32 Å². The van der Waals surface area contributed by atoms with E-state index >= 15 is 0 Å². The van der Waals surface area contributed by atoms with Crippen LogP contribution in [0.3, 0.4) is 0 Å². The summed E-state index contributed by atoms with van der Waals surface area (Å²) < 4.78 is 13.3. The lowest BCUT2D eigenvalue weighted by atomic mass is 10.2. The van der Waals surface area contributed by atoms with Crippen molar-refractivity contribution < 1.29 is 4.39 Å². The minimum atomic E-state index is -0.167. The molecule has 0 spiro atoms. The van der Waals surface area contributed by atoms with E-state index in [1.54, 1.807) is 24.3 Å². The monoisotopic (exact) mass is 250 g/mol. The maximum Gasteiger partial charge on any atom is 0.128 e. The van der Waals surface area contributed by atoms with Gasteiger partial charge in [0.15, 0.2) is 0 Å². The van der Waals surface area contributed by atoms with Crippen molar-refractivity contribution in [2.24, 2.45) is 0 Å². The zero-order valence-corrected chi connectivity index (χ0v) is 10.8. The molecule has 1 aromatic heterocycles. The molecular weight excluding hydrogens is 235 g/mol. The van der Waals surface area contributed by atoms with Crippen LogP contribution in [0.2, 0.25) is 0 Å². The summed E-state index contributed by atoms with van der Waals surface area (Å²) in [4.78, 5) is 4.38. The molecule has 1 aromatic carbocycles. The number of anilines is 1. The molecule has 0 unspecified atom stereocenters. The minimum absolute atomic E-state index is 0.167. The first-order valence-corrected chi connectivity index (χ1v) is 6.44. The summed E-state index contributed by atoms with van der Waals surface area (Å²) in [6.45, 7) is 4.53. The maximum absolute atomic E-state index is 13.3. The van der Waals surface area contributed by atoms with Crippen molar-refractivity contribution in [3.63, 3.8) is 0 Å². The highest BCUT2D eigenvalue weighted by atomic mass is 32.1. The highest BCUT2D eigenvalue weighted by molar-refractivity contribution is 7.09. The lowest BCUT2D eigenvalue weighted by Gasteiger charge is -2.06. The van der Waals surface area contributed by atoms with Gasteiger partial charge in [-0.2, -0.15) is 0 Å². The number of nitrogens with zero attached hydrogens (tertiary/aromatic N) is 1. The third-order valence-electron chi connectivity index (χ3n) is 2.55. The maximum atomic E-state index is 13.3. The van der Waals surface area contributed by atoms with E-state index in [4.69, 9.17) is 0 Å². The third-order valence-corrected chi connectivity index (χ3v) is 3.37. The van der Waals surface area contributed by atoms with Crippen molar-refractivity contribution in [3.8, 4) is 0 Å². The fourth-order valence-electron chi connectivity index (χ4n) is 1.56. The van der Waals surface area contributed by atoms with Gasteiger partial charge in [0.2, 0.25) is 0 Å². The average Bonchev–Trinajstić information content (AvgIpc) is 2.70. The number of aryl methyl sites for hydroxylation is 2. The number of hydrogen-bond acceptors (Lipinski definition) is 3. The molecule has 17 heavy (non-hydrogen) atoms. The first-order chi connectivity index (χ1) is 8.15. The van der Waals surface area contributed by atoms with Crippen molar-refractivity contribution >= 4 is 17.0 Å². The van der Waals surface area contributed by atoms with Gasteiger partial charge in [-0.1, -0.05) is 6.07 Å². The van der Waals surface area contributed by atoms with Crippen LogP contribution in [0.15, 0.2) is 23.6 Å². The molecule has 4 heteroatoms. The lowest BCUT2D eigenvalue weighted by molar-refractivity contribution is 0.619. The van der Waals surface area contributed by atoms with E-state index in [-0.39, 0.29) is 5.82 Å². The van der Waals surface area contributed by atoms with E-state index in [1.807, 2.05) is 13.0 Å². The second-order valence-corrected chi connectivity index (χ2v) is 5.06. The van der Waals surface area contributed by atoms with Gasteiger partial charge in [-0.3, -0.25) is 0 Å². The van der Waals surface area contributed by atoms with Gasteiger partial charge in [0.25, 0.3) is 0 Å². The summed E-state index contributed by atoms with van der Waals surface area (Å²) in [6.07, 6.45) is 0.861. The van der Waals surface area contributed by atoms with Crippen LogP contribution in [0.25, 0.3) is 0 Å². The number of hydrogen-bond donors (Lipinski definition) is 1. The molecule has 0 aliphatic rings. The Labute approximate surface area is 105 Å². The number of aromatic nitrogens is 1. The van der Waals surface area contributed by atoms with E-state index in [1.165, 1.54) is 6.07 Å². The van der Waals surface area contributed by atoms with Crippen molar-refractivity contribution in [2.45, 2.75) is 20.3 Å². The molecule has 0 bridgehead atoms. The zero-order chi connectivity index (χ0) is 12.3. The fraction of sp³-hybridized carbons (Fsp3) is 0.308. The predicted molar refractivity (Wildman–Crippen MR) is 70.2 cm³/mol. The van der Waals surface area contributed by atoms with Crippen LogP contribution in [0.1, 0.15) is 16.3 Å². The summed E-state index contributed by atoms with van der Waals surface area (Å²) in [5.74, 6) is -0.167. The van der Waals surface area contributed by atoms with Crippen molar-refractivity contribution in [3.05, 3.63) is 45.7 Å². The first kappa shape index (κ1) is 12.0. The highest BCUT2D eigenvalue weighted by Crippen LogP contribution is 2.14. The molecule has 2 rings (SSSR count). The molecular formula is C13H15FN2S. The average molecular weight is 250 g/mol. The van der Waals surface area contributed by atoms with Gasteiger partial charge < -0.3 is 5.32 Å². The summed E-state index contributed by atoms with van der Waals surface area (Å²) >= 11 is 1.66. The Balaban J connectivity index is 1.87. The molecule has 0 fully saturated rings. The number of benzene rings is 1. The van der Waals surface area contributed by atoms with E-state index < -0.39 is 0 Å². The quantitative estimate of drug-likeness (QED) is 0.897. The molecule has 0 atom stereocenters. The van der Waals surface area contributed by atoms with Crippen LogP contribution in [-0.2, 0) is 6.42 Å². The molecule has 0 saturated carbocycles. The fourth-order valence-corrected chi connectivity index (χ4v) is 2.21. The topological polar surface area (TPSA) is 24.9 Å². The van der Waals surface area contributed by atoms with Gasteiger partial charge in [0.1, 0.15) is 5.82 Å². The highest BCUT2D eigenvalue weighted by Gasteiger charge is 2.00. The molecule has 0 radical (unpaired) electrons. The van der Waals surface area contributed by atoms with Crippen LogP contribution >= 0.6 is 11.3 Å². The van der Waals surface area contributed by atoms with Crippen LogP contribution in [-0.4, -0.2) is 11.5 Å². The van der Waals surface area contributed by atoms with E-state index in [9.17, 15) is 4.39 Å². The molecule has 0 aliphatic heterocycles. The SMILES string of the molecule is Cc1nc(CCNc2ccc(C)c(F)c2)cs1. The second-order valence-electron chi connectivity index (χ2n) is 4.00. The summed E-state index contributed by atoms with van der Waals surface area (Å²) in [7, 11) is 0. The Morgan fingerprint density at radius 2 is 2.18 bits per heavy atom. The minimum Gasteiger partial charge on any atom is -0.385 e. The first-order valence-electron chi connectivity index (χ1n) is 5.56. The normalized spacial score (nSPS) is 10.5. The molecule has 0 saturated heterocycles. The molecule has 2 aromatic rings. The third kappa shape index (κ3) is 3.27. The van der Waals surface area contributed by atoms with Gasteiger partial charge in [-0.15, -0.1) is 11.3 Å². The molecule has 0 aliphatic carbocycles. The summed E-state index contributed by atoms with van der Waals surface area (Å²) in [5.41, 5.74) is 2.58. The zero-order valence-electron chi connectivity index (χ0n) is 9.96. The molecule has 90 valence electrons. The number of nitrogens with one attached hydrogen (secondary N) is 1. The van der Waals surface area contributed by atoms with Crippen molar-refractivity contribution in [2.75, 3.05) is 11.9 Å². The Morgan fingerprint density at radius 1 is 1.35 bits per heavy atom. The number of rotatable bonds is 4. The molecule has 1 heterocycles. The van der Waals surface area contributed by atoms with Gasteiger partial charge in [-0.05, 0) is 31.5 Å². The van der Waals surface area contributed by atoms with Gasteiger partial charge in [0, 0.05) is 24.0 Å². The standard InChI is InChI=1S/C13H15FN2S/c1-9-3-4-11(7-13(9)14)15-6-5-12-8-17-10(2)16-12/h3-4,7-8,15H,5-6H2,1-2H3. The van der Waals surface area contributed by atoms with Gasteiger partial charge in [0.05, 0.1) is 10.7 Å². The van der Waals surface area contributed by atoms with Gasteiger partial charge >= 0.3 is 0 Å². The van der Waals surface area contributed by atoms with Crippen LogP contribution in [0, 0.1) is 19.7 Å². The Kier molecular flexibility index (Phi) is 3.74. The van der Waals surface area contributed by atoms with Crippen LogP contribution in [0.5, 0.6) is 0 Å². The smallest absolute Gasteiger partial charge is 0.128 e. The predicted octanol–water partition coefficient (Wildman–Crippen LogP) is 3.55. The largest absolute Gasteiger partial charge is 0.385 e. The molecule has 2 nitrogen and oxygen atoms in total. The van der Waals surface area contributed by atoms with Gasteiger partial charge in [-0.25, -0.2) is 9.37 Å². The lowest BCUT2D eigenvalue weighted by Crippen LogP contribution is -2.05. The van der Waals surface area contributed by atoms with Crippen LogP contribution in [0.4, 0.5) is 10.1 Å². The van der Waals surface area contributed by atoms with Crippen molar-refractivity contribution in [1.82, 2.24) is 4.98 Å². The Morgan fingerprint density at radius 3 is 2.82 bits per heavy atom. The number of thiazole rings is 1. The Hall–Kier alpha value is -1.42. The second kappa shape index (κ2) is 5.27. The van der Waals surface area contributed by atoms with E-state index in [2.05, 4.69) is 15.7 Å². The van der Waals surface area contributed by atoms with E-state index in [0.29, 0.717) is 5.56 Å². The van der Waals surface area contributed by atoms with Crippen molar-refractivity contribution in [1.29, 1.82) is 0 Å². The summed E-state index contributed by atoms with van der Waals surface area (Å²) in [5, 5.41) is 6.34. The Bertz CT molecular complexity index is 508. The van der Waals surface area contributed by atoms with E-state index in [0.717, 1.165) is 29.4 Å². The molecule has 1 N–H and O–H groups in total. The number of halogens is 1. The molecule has 0 amide bonds. The summed E-state index contributed by atoms with van der Waals surface area (Å²) in [6, 6.07) is 5.21.